The molecule has 1 heterocycles. The van der Waals surface area contributed by atoms with E-state index in [9.17, 15) is 14.4 Å². The van der Waals surface area contributed by atoms with Crippen molar-refractivity contribution in [2.75, 3.05) is 54.1 Å². The van der Waals surface area contributed by atoms with Gasteiger partial charge in [0.05, 0.1) is 26.9 Å². The number of ether oxygens (including phenoxy) is 5. The van der Waals surface area contributed by atoms with Gasteiger partial charge in [0.15, 0.2) is 11.5 Å². The molecule has 0 spiro atoms. The summed E-state index contributed by atoms with van der Waals surface area (Å²) in [6.07, 6.45) is 2.20. The van der Waals surface area contributed by atoms with Crippen LogP contribution in [-0.4, -0.2) is 93.9 Å². The third-order valence-corrected chi connectivity index (χ3v) is 5.79. The van der Waals surface area contributed by atoms with Crippen molar-refractivity contribution in [2.24, 2.45) is 0 Å². The molecule has 36 heavy (non-hydrogen) atoms. The van der Waals surface area contributed by atoms with E-state index in [1.807, 2.05) is 20.8 Å². The van der Waals surface area contributed by atoms with Gasteiger partial charge in [0, 0.05) is 32.6 Å². The number of hydrogen-bond acceptors (Lipinski definition) is 9. The zero-order valence-corrected chi connectivity index (χ0v) is 22.3. The lowest BCUT2D eigenvalue weighted by molar-refractivity contribution is -0.108. The molecule has 1 atom stereocenters. The van der Waals surface area contributed by atoms with E-state index in [4.69, 9.17) is 23.7 Å². The number of hydrogen-bond donors (Lipinski definition) is 0. The smallest absolute Gasteiger partial charge is 0.410 e. The molecule has 1 aromatic carbocycles. The Hall–Kier alpha value is -3.01. The maximum Gasteiger partial charge on any atom is 0.410 e. The summed E-state index contributed by atoms with van der Waals surface area (Å²) in [7, 11) is 4.44. The van der Waals surface area contributed by atoms with Gasteiger partial charge in [-0.3, -0.25) is 0 Å². The fourth-order valence-corrected chi connectivity index (χ4v) is 3.96. The largest absolute Gasteiger partial charge is 0.493 e. The van der Waals surface area contributed by atoms with Gasteiger partial charge in [-0.2, -0.15) is 0 Å². The maximum atomic E-state index is 13.0. The summed E-state index contributed by atoms with van der Waals surface area (Å²) in [6, 6.07) is 3.08. The van der Waals surface area contributed by atoms with E-state index in [0.717, 1.165) is 19.3 Å². The number of carbonyl (C=O) groups is 3. The summed E-state index contributed by atoms with van der Waals surface area (Å²) < 4.78 is 27.2. The van der Waals surface area contributed by atoms with E-state index in [1.54, 1.807) is 17.0 Å². The first kappa shape index (κ1) is 29.2. The Morgan fingerprint density at radius 2 is 1.64 bits per heavy atom. The summed E-state index contributed by atoms with van der Waals surface area (Å²) in [5.41, 5.74) is -0.264. The fourth-order valence-electron chi connectivity index (χ4n) is 3.96. The predicted molar refractivity (Wildman–Crippen MR) is 134 cm³/mol. The molecule has 2 rings (SSSR count). The highest BCUT2D eigenvalue weighted by Crippen LogP contribution is 2.38. The Balaban J connectivity index is 2.00. The van der Waals surface area contributed by atoms with Crippen LogP contribution in [0, 0.1) is 0 Å². The number of nitrogens with zero attached hydrogens (tertiary/aromatic N) is 2. The molecule has 1 saturated heterocycles. The number of rotatable bonds is 11. The molecule has 202 valence electrons. The Bertz CT molecular complexity index is 858. The maximum absolute atomic E-state index is 13.0. The molecule has 0 saturated carbocycles. The third kappa shape index (κ3) is 8.89. The van der Waals surface area contributed by atoms with Crippen molar-refractivity contribution >= 4 is 18.3 Å². The summed E-state index contributed by atoms with van der Waals surface area (Å²) >= 11 is 0. The Kier molecular flexibility index (Phi) is 11.3. The summed E-state index contributed by atoms with van der Waals surface area (Å²) in [4.78, 5) is 40.4. The van der Waals surface area contributed by atoms with Gasteiger partial charge in [0.1, 0.15) is 18.0 Å². The lowest BCUT2D eigenvalue weighted by Gasteiger charge is -2.27. The SMILES string of the molecule is COc1cc(C(=O)OC(CCC=O)CCN2CCCN(C(=O)OC(C)(C)C)CC2)cc(OC)c1OC. The second-order valence-electron chi connectivity index (χ2n) is 9.64. The van der Waals surface area contributed by atoms with E-state index >= 15 is 0 Å². The Morgan fingerprint density at radius 1 is 0.972 bits per heavy atom. The van der Waals surface area contributed by atoms with Crippen molar-refractivity contribution in [2.45, 2.75) is 58.2 Å². The number of amides is 1. The van der Waals surface area contributed by atoms with E-state index in [1.165, 1.54) is 21.3 Å². The number of methoxy groups -OCH3 is 3. The van der Waals surface area contributed by atoms with Crippen molar-refractivity contribution < 1.29 is 38.1 Å². The van der Waals surface area contributed by atoms with Crippen molar-refractivity contribution in [3.8, 4) is 17.2 Å². The van der Waals surface area contributed by atoms with Crippen molar-refractivity contribution in [3.63, 3.8) is 0 Å². The first-order chi connectivity index (χ1) is 17.1. The average Bonchev–Trinajstić information content (AvgIpc) is 3.09. The van der Waals surface area contributed by atoms with Gasteiger partial charge in [0.2, 0.25) is 5.75 Å². The van der Waals surface area contributed by atoms with Crippen LogP contribution in [0.5, 0.6) is 17.2 Å². The van der Waals surface area contributed by atoms with Gasteiger partial charge in [0.25, 0.3) is 0 Å². The van der Waals surface area contributed by atoms with Gasteiger partial charge in [-0.15, -0.1) is 0 Å². The standard InChI is InChI=1S/C26H40N2O8/c1-26(2,3)36-25(31)28-12-8-11-27(14-15-28)13-10-20(9-7-16-29)35-24(30)19-17-21(32-4)23(34-6)22(18-19)33-5/h16-18,20H,7-15H2,1-6H3. The summed E-state index contributed by atoms with van der Waals surface area (Å²) in [5.74, 6) is 0.562. The minimum atomic E-state index is -0.531. The van der Waals surface area contributed by atoms with Crippen LogP contribution in [0.3, 0.4) is 0 Å². The summed E-state index contributed by atoms with van der Waals surface area (Å²) in [6.45, 7) is 8.96. The molecule has 10 nitrogen and oxygen atoms in total. The highest BCUT2D eigenvalue weighted by atomic mass is 16.6. The molecule has 10 heteroatoms. The van der Waals surface area contributed by atoms with Crippen LogP contribution in [0.1, 0.15) is 56.8 Å². The highest BCUT2D eigenvalue weighted by molar-refractivity contribution is 5.91. The van der Waals surface area contributed by atoms with E-state index in [0.29, 0.717) is 62.7 Å². The molecule has 1 unspecified atom stereocenters. The van der Waals surface area contributed by atoms with Gasteiger partial charge in [-0.1, -0.05) is 0 Å². The molecule has 0 radical (unpaired) electrons. The topological polar surface area (TPSA) is 104 Å². The van der Waals surface area contributed by atoms with Crippen LogP contribution in [0.4, 0.5) is 4.79 Å². The second kappa shape index (κ2) is 13.9. The quantitative estimate of drug-likeness (QED) is 0.328. The van der Waals surface area contributed by atoms with Crippen LogP contribution in [-0.2, 0) is 14.3 Å². The normalized spacial score (nSPS) is 15.4. The second-order valence-corrected chi connectivity index (χ2v) is 9.64. The number of aldehydes is 1. The third-order valence-electron chi connectivity index (χ3n) is 5.79. The molecule has 0 bridgehead atoms. The number of benzene rings is 1. The predicted octanol–water partition coefficient (Wildman–Crippen LogP) is 3.55. The van der Waals surface area contributed by atoms with Crippen LogP contribution < -0.4 is 14.2 Å². The highest BCUT2D eigenvalue weighted by Gasteiger charge is 2.26. The average molecular weight is 509 g/mol. The Labute approximate surface area is 213 Å². The molecule has 0 N–H and O–H groups in total. The molecule has 1 aliphatic heterocycles. The lowest BCUT2D eigenvalue weighted by atomic mass is 10.1. The Morgan fingerprint density at radius 3 is 2.19 bits per heavy atom. The van der Waals surface area contributed by atoms with Crippen LogP contribution >= 0.6 is 0 Å². The van der Waals surface area contributed by atoms with Gasteiger partial charge >= 0.3 is 12.1 Å². The molecule has 1 aliphatic rings. The van der Waals surface area contributed by atoms with Crippen LogP contribution in [0.25, 0.3) is 0 Å². The number of esters is 1. The molecule has 1 fully saturated rings. The van der Waals surface area contributed by atoms with E-state index in [-0.39, 0.29) is 11.7 Å². The van der Waals surface area contributed by atoms with Gasteiger partial charge in [-0.25, -0.2) is 9.59 Å². The molecule has 0 aliphatic carbocycles. The molecule has 1 aromatic rings. The van der Waals surface area contributed by atoms with Gasteiger partial charge < -0.3 is 38.3 Å². The molecule has 1 amide bonds. The minimum Gasteiger partial charge on any atom is -0.493 e. The first-order valence-electron chi connectivity index (χ1n) is 12.3. The monoisotopic (exact) mass is 508 g/mol. The summed E-state index contributed by atoms with van der Waals surface area (Å²) in [5, 5.41) is 0. The van der Waals surface area contributed by atoms with Crippen molar-refractivity contribution in [1.82, 2.24) is 9.80 Å². The number of carbonyl (C=O) groups excluding carboxylic acids is 3. The molecular formula is C26H40N2O8. The van der Waals surface area contributed by atoms with Gasteiger partial charge in [-0.05, 0) is 58.7 Å². The molecular weight excluding hydrogens is 468 g/mol. The van der Waals surface area contributed by atoms with E-state index < -0.39 is 17.7 Å². The molecule has 0 aromatic heterocycles. The van der Waals surface area contributed by atoms with E-state index in [2.05, 4.69) is 4.90 Å². The van der Waals surface area contributed by atoms with Crippen LogP contribution in [0.2, 0.25) is 0 Å². The fraction of sp³-hybridized carbons (Fsp3) is 0.654. The van der Waals surface area contributed by atoms with Crippen molar-refractivity contribution in [1.29, 1.82) is 0 Å². The lowest BCUT2D eigenvalue weighted by Crippen LogP contribution is -2.39. The first-order valence-corrected chi connectivity index (χ1v) is 12.3. The minimum absolute atomic E-state index is 0.267. The zero-order valence-electron chi connectivity index (χ0n) is 22.3. The zero-order chi connectivity index (χ0) is 26.7. The van der Waals surface area contributed by atoms with Crippen molar-refractivity contribution in [3.05, 3.63) is 17.7 Å². The van der Waals surface area contributed by atoms with Crippen LogP contribution in [0.15, 0.2) is 12.1 Å².